The van der Waals surface area contributed by atoms with E-state index in [2.05, 4.69) is 10.2 Å². The predicted octanol–water partition coefficient (Wildman–Crippen LogP) is 9.01. The molecule has 0 unspecified atom stereocenters. The summed E-state index contributed by atoms with van der Waals surface area (Å²) < 4.78 is 74.1. The lowest BCUT2D eigenvalue weighted by molar-refractivity contribution is -0.151. The first kappa shape index (κ1) is 55.0. The standard InChI is InChI=1S/C45H74N4O13P2/c1-9-55-44(52)61-41-28-27-39(49(41)32-37-22-16-14-17-23-37)33-47(35-63(53,57-10-2)58-11-3)30-31-48(36-64(54,59-12-4)60-13-5)40(42(50)56-34-38-24-18-15-19-25-38)26-20-21-29-46-43(51)62-45(6,7)8/h14-19,22-25,39-41H,9-13,20-21,26-36H2,1-8H3,(H,46,51)/t39-,40+,41+/m0/s1. The van der Waals surface area contributed by atoms with Crippen LogP contribution in [0, 0.1) is 0 Å². The van der Waals surface area contributed by atoms with Crippen LogP contribution in [-0.4, -0.2) is 129 Å². The van der Waals surface area contributed by atoms with E-state index in [0.717, 1.165) is 11.1 Å². The van der Waals surface area contributed by atoms with Crippen molar-refractivity contribution in [3.8, 4) is 0 Å². The number of carbonyl (C=O) groups excluding carboxylic acids is 3. The molecule has 0 saturated carbocycles. The fourth-order valence-corrected chi connectivity index (χ4v) is 10.9. The van der Waals surface area contributed by atoms with E-state index in [9.17, 15) is 23.5 Å². The lowest BCUT2D eigenvalue weighted by Crippen LogP contribution is -2.49. The monoisotopic (exact) mass is 940 g/mol. The molecule has 1 amide bonds. The first-order chi connectivity index (χ1) is 30.6. The molecule has 2 aromatic rings. The first-order valence-electron chi connectivity index (χ1n) is 22.6. The second-order valence-electron chi connectivity index (χ2n) is 16.2. The number of amides is 1. The van der Waals surface area contributed by atoms with Gasteiger partial charge in [-0.15, -0.1) is 0 Å². The van der Waals surface area contributed by atoms with E-state index in [1.165, 1.54) is 0 Å². The molecule has 2 aromatic carbocycles. The lowest BCUT2D eigenvalue weighted by atomic mass is 10.1. The number of hydrogen-bond acceptors (Lipinski definition) is 16. The molecule has 0 aliphatic carbocycles. The van der Waals surface area contributed by atoms with Gasteiger partial charge in [0, 0.05) is 45.2 Å². The van der Waals surface area contributed by atoms with Crippen molar-refractivity contribution in [2.75, 3.05) is 71.8 Å². The summed E-state index contributed by atoms with van der Waals surface area (Å²) in [5.74, 6) is -0.534. The predicted molar refractivity (Wildman–Crippen MR) is 245 cm³/mol. The molecular formula is C45H74N4O13P2. The van der Waals surface area contributed by atoms with E-state index in [4.69, 9.17) is 37.0 Å². The molecule has 19 heteroatoms. The summed E-state index contributed by atoms with van der Waals surface area (Å²) in [5, 5.41) is 2.77. The molecule has 1 heterocycles. The number of esters is 1. The molecule has 1 aliphatic rings. The molecule has 362 valence electrons. The average Bonchev–Trinajstić information content (AvgIpc) is 3.59. The van der Waals surface area contributed by atoms with Gasteiger partial charge in [0.2, 0.25) is 0 Å². The molecule has 3 atom stereocenters. The highest BCUT2D eigenvalue weighted by molar-refractivity contribution is 7.54. The number of hydrogen-bond donors (Lipinski definition) is 1. The van der Waals surface area contributed by atoms with Crippen LogP contribution in [0.4, 0.5) is 9.59 Å². The number of unbranched alkanes of at least 4 members (excludes halogenated alkanes) is 1. The quantitative estimate of drug-likeness (QED) is 0.0339. The summed E-state index contributed by atoms with van der Waals surface area (Å²) in [6.45, 7) is 16.2. The van der Waals surface area contributed by atoms with Crippen molar-refractivity contribution in [1.82, 2.24) is 20.0 Å². The van der Waals surface area contributed by atoms with Gasteiger partial charge >= 0.3 is 33.4 Å². The Labute approximate surface area is 381 Å². The number of alkyl carbamates (subject to hydrolysis) is 1. The van der Waals surface area contributed by atoms with Crippen LogP contribution in [0.3, 0.4) is 0 Å². The van der Waals surface area contributed by atoms with E-state index in [0.29, 0.717) is 45.3 Å². The van der Waals surface area contributed by atoms with Crippen molar-refractivity contribution in [1.29, 1.82) is 0 Å². The fraction of sp³-hybridized carbons (Fsp3) is 0.667. The Morgan fingerprint density at radius 3 is 1.89 bits per heavy atom. The van der Waals surface area contributed by atoms with Gasteiger partial charge < -0.3 is 42.4 Å². The van der Waals surface area contributed by atoms with Crippen LogP contribution in [0.5, 0.6) is 0 Å². The number of benzene rings is 2. The van der Waals surface area contributed by atoms with Crippen molar-refractivity contribution >= 4 is 33.4 Å². The summed E-state index contributed by atoms with van der Waals surface area (Å²) in [4.78, 5) is 45.2. The maximum Gasteiger partial charge on any atom is 0.509 e. The summed E-state index contributed by atoms with van der Waals surface area (Å²) in [6.07, 6.45) is 0.246. The van der Waals surface area contributed by atoms with Gasteiger partial charge in [-0.25, -0.2) is 9.59 Å². The molecule has 0 aromatic heterocycles. The van der Waals surface area contributed by atoms with E-state index >= 15 is 0 Å². The number of ether oxygens (including phenoxy) is 4. The van der Waals surface area contributed by atoms with Crippen LogP contribution in [0.1, 0.15) is 98.6 Å². The Hall–Kier alpha value is -3.37. The highest BCUT2D eigenvalue weighted by Gasteiger charge is 2.40. The molecular weight excluding hydrogens is 866 g/mol. The molecule has 1 saturated heterocycles. The average molecular weight is 941 g/mol. The fourth-order valence-electron chi connectivity index (χ4n) is 7.36. The number of rotatable bonds is 30. The Bertz CT molecular complexity index is 1730. The van der Waals surface area contributed by atoms with Gasteiger partial charge in [-0.3, -0.25) is 28.6 Å². The van der Waals surface area contributed by atoms with Crippen LogP contribution in [0.25, 0.3) is 0 Å². The lowest BCUT2D eigenvalue weighted by Gasteiger charge is -2.37. The second-order valence-corrected chi connectivity index (χ2v) is 20.3. The summed E-state index contributed by atoms with van der Waals surface area (Å²) in [7, 11) is -7.48. The van der Waals surface area contributed by atoms with Crippen molar-refractivity contribution in [3.63, 3.8) is 0 Å². The van der Waals surface area contributed by atoms with Gasteiger partial charge in [0.1, 0.15) is 30.8 Å². The van der Waals surface area contributed by atoms with E-state index in [-0.39, 0.29) is 77.8 Å². The smallest absolute Gasteiger partial charge is 0.460 e. The van der Waals surface area contributed by atoms with Crippen molar-refractivity contribution < 1.29 is 60.6 Å². The minimum atomic E-state index is -3.80. The molecule has 0 bridgehead atoms. The molecule has 0 spiro atoms. The van der Waals surface area contributed by atoms with Crippen LogP contribution < -0.4 is 5.32 Å². The van der Waals surface area contributed by atoms with Crippen molar-refractivity contribution in [2.45, 2.75) is 125 Å². The zero-order valence-corrected chi connectivity index (χ0v) is 41.1. The van der Waals surface area contributed by atoms with Crippen molar-refractivity contribution in [3.05, 3.63) is 71.8 Å². The highest BCUT2D eigenvalue weighted by Crippen LogP contribution is 2.50. The SMILES string of the molecule is CCOC(=O)O[C@@H]1CC[C@@H](CN(CCN(CP(=O)(OCC)OCC)[C@H](CCCCNC(=O)OC(C)(C)C)C(=O)OCc2ccccc2)CP(=O)(OCC)OCC)N1Cc1ccccc1. The Kier molecular flexibility index (Phi) is 24.6. The van der Waals surface area contributed by atoms with Gasteiger partial charge in [0.15, 0.2) is 6.23 Å². The Morgan fingerprint density at radius 1 is 0.750 bits per heavy atom. The zero-order chi connectivity index (χ0) is 47.0. The molecule has 3 rings (SSSR count). The van der Waals surface area contributed by atoms with Gasteiger partial charge in [-0.1, -0.05) is 60.7 Å². The number of nitrogens with zero attached hydrogens (tertiary/aromatic N) is 3. The zero-order valence-electron chi connectivity index (χ0n) is 39.3. The maximum absolute atomic E-state index is 14.3. The first-order valence-corrected chi connectivity index (χ1v) is 26.0. The topological polar surface area (TPSA) is 181 Å². The number of likely N-dealkylation sites (tertiary alicyclic amines) is 1. The summed E-state index contributed by atoms with van der Waals surface area (Å²) in [5.41, 5.74) is 1.16. The minimum Gasteiger partial charge on any atom is -0.460 e. The third-order valence-corrected chi connectivity index (χ3v) is 14.1. The van der Waals surface area contributed by atoms with Gasteiger partial charge in [-0.05, 0) is 92.2 Å². The third-order valence-electron chi connectivity index (χ3n) is 10.0. The van der Waals surface area contributed by atoms with Crippen LogP contribution in [-0.2, 0) is 64.1 Å². The molecule has 1 aliphatic heterocycles. The van der Waals surface area contributed by atoms with Crippen LogP contribution in [0.2, 0.25) is 0 Å². The van der Waals surface area contributed by atoms with Gasteiger partial charge in [0.05, 0.1) is 33.0 Å². The summed E-state index contributed by atoms with van der Waals surface area (Å²) >= 11 is 0. The molecule has 1 N–H and O–H groups in total. The normalized spacial score (nSPS) is 16.5. The molecule has 0 radical (unpaired) electrons. The summed E-state index contributed by atoms with van der Waals surface area (Å²) in [6, 6.07) is 18.1. The van der Waals surface area contributed by atoms with E-state index in [1.54, 1.807) is 60.3 Å². The molecule has 1 fully saturated rings. The van der Waals surface area contributed by atoms with E-state index in [1.807, 2.05) is 65.6 Å². The van der Waals surface area contributed by atoms with Gasteiger partial charge in [0.25, 0.3) is 0 Å². The van der Waals surface area contributed by atoms with E-state index < -0.39 is 51.3 Å². The maximum atomic E-state index is 14.3. The second kappa shape index (κ2) is 28.6. The Balaban J connectivity index is 2.02. The highest BCUT2D eigenvalue weighted by atomic mass is 31.2. The molecule has 64 heavy (non-hydrogen) atoms. The van der Waals surface area contributed by atoms with Crippen LogP contribution in [0.15, 0.2) is 60.7 Å². The minimum absolute atomic E-state index is 0.0186. The number of carbonyl (C=O) groups is 3. The number of nitrogens with one attached hydrogen (secondary N) is 1. The Morgan fingerprint density at radius 2 is 1.33 bits per heavy atom. The third kappa shape index (κ3) is 20.4. The van der Waals surface area contributed by atoms with Crippen molar-refractivity contribution in [2.24, 2.45) is 0 Å². The largest absolute Gasteiger partial charge is 0.509 e. The molecule has 17 nitrogen and oxygen atoms in total. The van der Waals surface area contributed by atoms with Crippen LogP contribution >= 0.6 is 15.2 Å². The van der Waals surface area contributed by atoms with Gasteiger partial charge in [-0.2, -0.15) is 0 Å².